The third kappa shape index (κ3) is 17.8. The maximum Gasteiger partial charge on any atom is 0.218 e. The number of rotatable bonds is 27. The second-order valence-corrected chi connectivity index (χ2v) is 37.3. The van der Waals surface area contributed by atoms with Crippen LogP contribution in [0.4, 0.5) is 0 Å². The van der Waals surface area contributed by atoms with Gasteiger partial charge in [-0.2, -0.15) is 0 Å². The van der Waals surface area contributed by atoms with Crippen LogP contribution >= 0.6 is 0 Å². The van der Waals surface area contributed by atoms with Gasteiger partial charge in [-0.3, -0.25) is 0 Å². The summed E-state index contributed by atoms with van der Waals surface area (Å²) in [5.74, 6) is 2.16. The third-order valence-corrected chi connectivity index (χ3v) is 29.5. The molecule has 0 radical (unpaired) electrons. The first-order valence-corrected chi connectivity index (χ1v) is 36.1. The molecule has 4 fully saturated rings. The zero-order valence-electron chi connectivity index (χ0n) is 54.3. The Balaban J connectivity index is 1.16. The van der Waals surface area contributed by atoms with Crippen molar-refractivity contribution < 1.29 is 60.7 Å². The molecule has 0 aromatic carbocycles. The fourth-order valence-electron chi connectivity index (χ4n) is 13.3. The molecule has 0 spiro atoms. The van der Waals surface area contributed by atoms with E-state index in [9.17, 15) is 9.90 Å². The van der Waals surface area contributed by atoms with E-state index in [-0.39, 0.29) is 78.2 Å². The normalized spacial score (nSPS) is 30.7. The van der Waals surface area contributed by atoms with Crippen LogP contribution in [0.3, 0.4) is 0 Å². The van der Waals surface area contributed by atoms with Crippen LogP contribution in [0.5, 0.6) is 0 Å². The number of methoxy groups -OCH3 is 3. The monoisotopic (exact) mass is 1200 g/mol. The average molecular weight is 1200 g/mol. The van der Waals surface area contributed by atoms with E-state index >= 15 is 0 Å². The topological polar surface area (TPSA) is 172 Å². The van der Waals surface area contributed by atoms with E-state index in [1.165, 1.54) is 0 Å². The molecule has 15 atom stereocenters. The van der Waals surface area contributed by atoms with Crippen LogP contribution in [-0.2, 0) is 53.2 Å². The molecule has 0 bridgehead atoms. The maximum atomic E-state index is 11.7. The molecular weight excluding hydrogens is 1100 g/mol. The highest BCUT2D eigenvalue weighted by atomic mass is 28.4. The first-order valence-electron chi connectivity index (χ1n) is 31.0. The van der Waals surface area contributed by atoms with E-state index in [1.807, 2.05) is 51.2 Å². The molecular formula is C67H106N2O13Si2. The van der Waals surface area contributed by atoms with Crippen molar-refractivity contribution in [2.45, 2.75) is 274 Å². The molecule has 470 valence electrons. The molecule has 2 aromatic heterocycles. The van der Waals surface area contributed by atoms with Crippen molar-refractivity contribution in [1.82, 2.24) is 9.97 Å². The highest BCUT2D eigenvalue weighted by Gasteiger charge is 2.52. The number of hydrogen-bond acceptors (Lipinski definition) is 15. The molecule has 17 heteroatoms. The standard InChI is InChI=1S/C67H106N2O13Si2/c1-21-23-51(72-16)27-26-45(8)32-61(82-84(42(2)3,43(4)5)44(6)7)60-37-56(73-17)38-67(74-18,80-60)39-63-68-50(40-75-63)33-47(10)65-49(12)64(71)48(11)58(79-65)24-22-25-62-69-57(41-76-62)59-36-55(81-83(19,20)66(13,14)15)35-54(78-59)34-53-31-46(9)30-52(77-53)28-29-70/h1,22,25-27,29,32-33,40-44,48-49,51-56,58-61,64-65,71H,9,23-24,28,30-31,34-39H2,2-8,10-20H3/b25-22+,27-26+,45-32+,47-33+/t48-,49+,51+,52-,53+,54+,55+,56+,58+,59+,60+,61+,64-,65-,67-/m0/s1. The predicted octanol–water partition coefficient (Wildman–Crippen LogP) is 14.4. The number of carbonyl (C=O) groups is 1. The number of aromatic nitrogens is 2. The van der Waals surface area contributed by atoms with E-state index in [0.717, 1.165) is 35.8 Å². The number of aldehydes is 1. The lowest BCUT2D eigenvalue weighted by atomic mass is 9.79. The van der Waals surface area contributed by atoms with Crippen molar-refractivity contribution in [3.05, 3.63) is 83.3 Å². The molecule has 6 heterocycles. The highest BCUT2D eigenvalue weighted by Crippen LogP contribution is 2.47. The van der Waals surface area contributed by atoms with E-state index in [1.54, 1.807) is 33.9 Å². The summed E-state index contributed by atoms with van der Waals surface area (Å²) in [4.78, 5) is 21.3. The van der Waals surface area contributed by atoms with Gasteiger partial charge in [-0.15, -0.1) is 12.3 Å². The zero-order valence-corrected chi connectivity index (χ0v) is 56.3. The van der Waals surface area contributed by atoms with Crippen LogP contribution in [0.2, 0.25) is 34.8 Å². The molecule has 2 aromatic rings. The van der Waals surface area contributed by atoms with Crippen molar-refractivity contribution in [3.8, 4) is 12.3 Å². The summed E-state index contributed by atoms with van der Waals surface area (Å²) in [7, 11) is 0.524. The molecule has 0 saturated carbocycles. The lowest BCUT2D eigenvalue weighted by Crippen LogP contribution is -2.57. The van der Waals surface area contributed by atoms with Crippen LogP contribution in [0.15, 0.2) is 69.0 Å². The molecule has 4 aliphatic rings. The van der Waals surface area contributed by atoms with Crippen molar-refractivity contribution in [1.29, 1.82) is 0 Å². The van der Waals surface area contributed by atoms with E-state index in [2.05, 4.69) is 101 Å². The molecule has 1 N–H and O–H groups in total. The van der Waals surface area contributed by atoms with Crippen LogP contribution < -0.4 is 0 Å². The number of nitrogens with zero attached hydrogens (tertiary/aromatic N) is 2. The summed E-state index contributed by atoms with van der Waals surface area (Å²) in [6.45, 7) is 37.5. The van der Waals surface area contributed by atoms with E-state index < -0.39 is 40.7 Å². The second-order valence-electron chi connectivity index (χ2n) is 27.1. The number of aliphatic hydroxyl groups excluding tert-OH is 1. The molecule has 15 nitrogen and oxygen atoms in total. The minimum atomic E-state index is -2.43. The molecule has 0 aliphatic carbocycles. The number of ether oxygens (including phenoxy) is 7. The minimum absolute atomic E-state index is 0.0248. The smallest absolute Gasteiger partial charge is 0.218 e. The number of oxazole rings is 2. The Labute approximate surface area is 506 Å². The van der Waals surface area contributed by atoms with Crippen LogP contribution in [0, 0.1) is 24.2 Å². The van der Waals surface area contributed by atoms with Gasteiger partial charge in [0.1, 0.15) is 36.3 Å². The first-order chi connectivity index (χ1) is 39.6. The maximum absolute atomic E-state index is 11.7. The number of allylic oxidation sites excluding steroid dienone is 2. The van der Waals surface area contributed by atoms with Gasteiger partial charge in [0.25, 0.3) is 0 Å². The lowest BCUT2D eigenvalue weighted by molar-refractivity contribution is -0.297. The first kappa shape index (κ1) is 69.5. The van der Waals surface area contributed by atoms with E-state index in [0.29, 0.717) is 91.2 Å². The number of hydrogen-bond donors (Lipinski definition) is 1. The third-order valence-electron chi connectivity index (χ3n) is 18.8. The van der Waals surface area contributed by atoms with Crippen LogP contribution in [0.1, 0.15) is 183 Å². The van der Waals surface area contributed by atoms with Gasteiger partial charge in [-0.1, -0.05) is 118 Å². The minimum Gasteiger partial charge on any atom is -0.448 e. The molecule has 6 rings (SSSR count). The quantitative estimate of drug-likeness (QED) is 0.0294. The largest absolute Gasteiger partial charge is 0.448 e. The van der Waals surface area contributed by atoms with Gasteiger partial charge in [-0.25, -0.2) is 9.97 Å². The van der Waals surface area contributed by atoms with Gasteiger partial charge in [0, 0.05) is 71.7 Å². The Hall–Kier alpha value is -3.62. The van der Waals surface area contributed by atoms with Gasteiger partial charge < -0.3 is 60.7 Å². The van der Waals surface area contributed by atoms with Gasteiger partial charge in [0.15, 0.2) is 20.0 Å². The molecule has 4 saturated heterocycles. The number of terminal acetylenes is 1. The van der Waals surface area contributed by atoms with Gasteiger partial charge >= 0.3 is 0 Å². The van der Waals surface area contributed by atoms with Gasteiger partial charge in [0.05, 0.1) is 73.6 Å². The summed E-state index contributed by atoms with van der Waals surface area (Å²) < 4.78 is 72.2. The zero-order chi connectivity index (χ0) is 61.9. The Morgan fingerprint density at radius 2 is 1.62 bits per heavy atom. The Morgan fingerprint density at radius 1 is 0.917 bits per heavy atom. The summed E-state index contributed by atoms with van der Waals surface area (Å²) >= 11 is 0. The SMILES string of the molecule is C#CC[C@H](/C=C/C(C)=C/[C@@H](O[Si](C(C)C)(C(C)C)C(C)C)[C@H]1C[C@@H](OC)C[C@](Cc2nc(/C=C(\C)[C@@H]3O[C@H](C/C=C/c4nc([C@H]5C[C@H](O[Si](C)(C)C(C)(C)C)C[C@@H](C[C@H]6CC(=C)C[C@H](CC=O)O6)O5)co4)[C@H](C)[C@H](O)[C@H]3C)co2)(OC)O1)OC. The Kier molecular flexibility index (Phi) is 25.3. The summed E-state index contributed by atoms with van der Waals surface area (Å²) in [6.07, 6.45) is 24.9. The molecule has 0 amide bonds. The summed E-state index contributed by atoms with van der Waals surface area (Å²) in [5, 5.41) is 11.7. The van der Waals surface area contributed by atoms with E-state index in [4.69, 9.17) is 67.2 Å². The van der Waals surface area contributed by atoms with Crippen molar-refractivity contribution >= 4 is 35.1 Å². The Morgan fingerprint density at radius 3 is 2.25 bits per heavy atom. The van der Waals surface area contributed by atoms with Gasteiger partial charge in [-0.05, 0) is 92.0 Å². The molecule has 0 unspecified atom stereocenters. The number of aliphatic hydroxyl groups is 1. The fraction of sp³-hybridized carbons (Fsp3) is 0.716. The average Bonchev–Trinajstić information content (AvgIpc) is 2.99. The highest BCUT2D eigenvalue weighted by molar-refractivity contribution is 6.77. The summed E-state index contributed by atoms with van der Waals surface area (Å²) in [6, 6.07) is 0. The van der Waals surface area contributed by atoms with Crippen molar-refractivity contribution in [3.63, 3.8) is 0 Å². The van der Waals surface area contributed by atoms with Crippen molar-refractivity contribution in [2.24, 2.45) is 11.8 Å². The second kappa shape index (κ2) is 30.5. The number of carbonyl (C=O) groups excluding carboxylic acids is 1. The predicted molar refractivity (Wildman–Crippen MR) is 336 cm³/mol. The molecule has 84 heavy (non-hydrogen) atoms. The van der Waals surface area contributed by atoms with Gasteiger partial charge in [0.2, 0.25) is 14.2 Å². The van der Waals surface area contributed by atoms with Crippen molar-refractivity contribution in [2.75, 3.05) is 21.3 Å². The summed E-state index contributed by atoms with van der Waals surface area (Å²) in [5.41, 5.74) is 5.39. The van der Waals surface area contributed by atoms with Crippen LogP contribution in [-0.4, -0.2) is 132 Å². The fourth-order valence-corrected chi connectivity index (χ4v) is 20.2. The Bertz CT molecular complexity index is 2570. The van der Waals surface area contributed by atoms with Crippen LogP contribution in [0.25, 0.3) is 12.2 Å². The molecule has 4 aliphatic heterocycles. The lowest BCUT2D eigenvalue weighted by Gasteiger charge is -2.49.